The first kappa shape index (κ1) is 23.4. The Morgan fingerprint density at radius 3 is 2.34 bits per heavy atom. The van der Waals surface area contributed by atoms with Crippen molar-refractivity contribution in [2.45, 2.75) is 26.7 Å². The van der Waals surface area contributed by atoms with E-state index in [0.717, 1.165) is 56.0 Å². The SMILES string of the molecule is CCN(CC)CCNc1cccc(CCc2ccccc2Nc2ccccc2C(=O)O)c1. The molecule has 168 valence electrons. The van der Waals surface area contributed by atoms with Crippen LogP contribution in [-0.2, 0) is 12.8 Å². The lowest BCUT2D eigenvalue weighted by Crippen LogP contribution is -2.28. The average Bonchev–Trinajstić information content (AvgIpc) is 2.82. The summed E-state index contributed by atoms with van der Waals surface area (Å²) in [4.78, 5) is 13.9. The first-order valence-electron chi connectivity index (χ1n) is 11.3. The van der Waals surface area contributed by atoms with Crippen molar-refractivity contribution >= 4 is 23.0 Å². The number of benzene rings is 3. The van der Waals surface area contributed by atoms with Crippen molar-refractivity contribution in [1.29, 1.82) is 0 Å². The number of aromatic carboxylic acids is 1. The lowest BCUT2D eigenvalue weighted by atomic mass is 10.0. The average molecular weight is 432 g/mol. The summed E-state index contributed by atoms with van der Waals surface area (Å²) in [6.45, 7) is 8.49. The van der Waals surface area contributed by atoms with E-state index in [1.807, 2.05) is 24.3 Å². The molecule has 0 spiro atoms. The largest absolute Gasteiger partial charge is 0.478 e. The third-order valence-corrected chi connectivity index (χ3v) is 5.71. The van der Waals surface area contributed by atoms with E-state index in [1.165, 1.54) is 5.56 Å². The molecule has 0 aliphatic rings. The quantitative estimate of drug-likeness (QED) is 0.345. The fourth-order valence-corrected chi connectivity index (χ4v) is 3.80. The molecular formula is C27H33N3O2. The van der Waals surface area contributed by atoms with Crippen LogP contribution in [0.4, 0.5) is 17.1 Å². The van der Waals surface area contributed by atoms with Crippen LogP contribution in [0.5, 0.6) is 0 Å². The Kier molecular flexibility index (Phi) is 8.70. The van der Waals surface area contributed by atoms with E-state index in [2.05, 4.69) is 59.7 Å². The van der Waals surface area contributed by atoms with E-state index in [9.17, 15) is 9.90 Å². The Balaban J connectivity index is 1.64. The van der Waals surface area contributed by atoms with Gasteiger partial charge in [-0.1, -0.05) is 56.3 Å². The maximum Gasteiger partial charge on any atom is 0.337 e. The molecule has 0 heterocycles. The van der Waals surface area contributed by atoms with Crippen LogP contribution in [0.3, 0.4) is 0 Å². The Labute approximate surface area is 191 Å². The van der Waals surface area contributed by atoms with Crippen LogP contribution >= 0.6 is 0 Å². The summed E-state index contributed by atoms with van der Waals surface area (Å²) in [6.07, 6.45) is 1.77. The smallest absolute Gasteiger partial charge is 0.337 e. The van der Waals surface area contributed by atoms with Gasteiger partial charge >= 0.3 is 5.97 Å². The predicted octanol–water partition coefficient (Wildman–Crippen LogP) is 5.67. The number of rotatable bonds is 12. The van der Waals surface area contributed by atoms with Gasteiger partial charge in [-0.15, -0.1) is 0 Å². The van der Waals surface area contributed by atoms with E-state index >= 15 is 0 Å². The Bertz CT molecular complexity index is 1020. The first-order chi connectivity index (χ1) is 15.6. The molecule has 0 fully saturated rings. The minimum Gasteiger partial charge on any atom is -0.478 e. The van der Waals surface area contributed by atoms with E-state index in [4.69, 9.17) is 0 Å². The van der Waals surface area contributed by atoms with Gasteiger partial charge in [0.15, 0.2) is 0 Å². The number of nitrogens with one attached hydrogen (secondary N) is 2. The zero-order valence-corrected chi connectivity index (χ0v) is 19.0. The molecule has 0 unspecified atom stereocenters. The second kappa shape index (κ2) is 11.9. The van der Waals surface area contributed by atoms with Gasteiger partial charge in [0.05, 0.1) is 11.3 Å². The van der Waals surface area contributed by atoms with E-state index in [-0.39, 0.29) is 5.56 Å². The Morgan fingerprint density at radius 2 is 1.59 bits per heavy atom. The van der Waals surface area contributed by atoms with Gasteiger partial charge in [-0.25, -0.2) is 4.79 Å². The van der Waals surface area contributed by atoms with Crippen molar-refractivity contribution < 1.29 is 9.90 Å². The minimum absolute atomic E-state index is 0.269. The number of hydrogen-bond donors (Lipinski definition) is 3. The highest BCUT2D eigenvalue weighted by molar-refractivity contribution is 5.95. The highest BCUT2D eigenvalue weighted by atomic mass is 16.4. The molecule has 32 heavy (non-hydrogen) atoms. The van der Waals surface area contributed by atoms with E-state index in [0.29, 0.717) is 5.69 Å². The lowest BCUT2D eigenvalue weighted by molar-refractivity contribution is 0.0698. The summed E-state index contributed by atoms with van der Waals surface area (Å²) in [5.41, 5.74) is 5.40. The van der Waals surface area contributed by atoms with Gasteiger partial charge in [0.2, 0.25) is 0 Å². The highest BCUT2D eigenvalue weighted by Crippen LogP contribution is 2.25. The second-order valence-electron chi connectivity index (χ2n) is 7.79. The van der Waals surface area contributed by atoms with Gasteiger partial charge in [0.1, 0.15) is 0 Å². The van der Waals surface area contributed by atoms with Crippen molar-refractivity contribution in [3.63, 3.8) is 0 Å². The van der Waals surface area contributed by atoms with Crippen LogP contribution in [0, 0.1) is 0 Å². The molecule has 0 saturated heterocycles. The molecule has 3 aromatic carbocycles. The summed E-state index contributed by atoms with van der Waals surface area (Å²) in [5.74, 6) is -0.934. The molecule has 0 amide bonds. The summed E-state index contributed by atoms with van der Waals surface area (Å²) >= 11 is 0. The zero-order valence-electron chi connectivity index (χ0n) is 19.0. The molecule has 5 nitrogen and oxygen atoms in total. The van der Waals surface area contributed by atoms with Crippen LogP contribution in [-0.4, -0.2) is 42.2 Å². The molecular weight excluding hydrogens is 398 g/mol. The molecule has 0 atom stereocenters. The third kappa shape index (κ3) is 6.59. The Hall–Kier alpha value is -3.31. The molecule has 0 radical (unpaired) electrons. The number of aryl methyl sites for hydroxylation is 2. The summed E-state index contributed by atoms with van der Waals surface area (Å²) in [5, 5.41) is 16.3. The Morgan fingerprint density at radius 1 is 0.875 bits per heavy atom. The normalized spacial score (nSPS) is 10.8. The number of para-hydroxylation sites is 2. The van der Waals surface area contributed by atoms with Crippen LogP contribution < -0.4 is 10.6 Å². The third-order valence-electron chi connectivity index (χ3n) is 5.71. The maximum atomic E-state index is 11.5. The molecule has 0 aromatic heterocycles. The number of likely N-dealkylation sites (N-methyl/N-ethyl adjacent to an activating group) is 1. The van der Waals surface area contributed by atoms with Gasteiger partial charge in [-0.05, 0) is 67.4 Å². The molecule has 0 aliphatic heterocycles. The first-order valence-corrected chi connectivity index (χ1v) is 11.3. The number of carboxylic acids is 1. The summed E-state index contributed by atoms with van der Waals surface area (Å²) < 4.78 is 0. The molecule has 5 heteroatoms. The minimum atomic E-state index is -0.934. The fourth-order valence-electron chi connectivity index (χ4n) is 3.80. The number of hydrogen-bond acceptors (Lipinski definition) is 4. The van der Waals surface area contributed by atoms with Crippen molar-refractivity contribution in [3.05, 3.63) is 89.5 Å². The number of carbonyl (C=O) groups is 1. The van der Waals surface area contributed by atoms with Crippen LogP contribution in [0.2, 0.25) is 0 Å². The van der Waals surface area contributed by atoms with Gasteiger partial charge in [0, 0.05) is 24.5 Å². The molecule has 0 saturated carbocycles. The summed E-state index contributed by atoms with van der Waals surface area (Å²) in [6, 6.07) is 23.7. The van der Waals surface area contributed by atoms with Crippen molar-refractivity contribution in [1.82, 2.24) is 4.90 Å². The van der Waals surface area contributed by atoms with Gasteiger partial charge in [-0.3, -0.25) is 0 Å². The topological polar surface area (TPSA) is 64.6 Å². The molecule has 0 bridgehead atoms. The van der Waals surface area contributed by atoms with Crippen LogP contribution in [0.25, 0.3) is 0 Å². The van der Waals surface area contributed by atoms with Gasteiger partial charge in [-0.2, -0.15) is 0 Å². The monoisotopic (exact) mass is 431 g/mol. The van der Waals surface area contributed by atoms with Crippen molar-refractivity contribution in [3.8, 4) is 0 Å². The maximum absolute atomic E-state index is 11.5. The number of anilines is 3. The highest BCUT2D eigenvalue weighted by Gasteiger charge is 2.11. The van der Waals surface area contributed by atoms with E-state index in [1.54, 1.807) is 18.2 Å². The van der Waals surface area contributed by atoms with Crippen molar-refractivity contribution in [2.24, 2.45) is 0 Å². The molecule has 0 aliphatic carbocycles. The summed E-state index contributed by atoms with van der Waals surface area (Å²) in [7, 11) is 0. The fraction of sp³-hybridized carbons (Fsp3) is 0.296. The molecule has 3 N–H and O–H groups in total. The van der Waals surface area contributed by atoms with Gasteiger partial charge < -0.3 is 20.6 Å². The van der Waals surface area contributed by atoms with Crippen molar-refractivity contribution in [2.75, 3.05) is 36.8 Å². The van der Waals surface area contributed by atoms with Crippen LogP contribution in [0.1, 0.15) is 35.3 Å². The number of nitrogens with zero attached hydrogens (tertiary/aromatic N) is 1. The number of carboxylic acid groups (broad SMARTS) is 1. The zero-order chi connectivity index (χ0) is 22.8. The van der Waals surface area contributed by atoms with E-state index < -0.39 is 5.97 Å². The standard InChI is InChI=1S/C27H33N3O2/c1-3-30(4-2)19-18-28-23-12-9-10-21(20-23)16-17-22-11-5-7-14-25(22)29-26-15-8-6-13-24(26)27(31)32/h5-15,20,28-29H,3-4,16-19H2,1-2H3,(H,31,32). The predicted molar refractivity (Wildman–Crippen MR) is 133 cm³/mol. The molecule has 3 aromatic rings. The lowest BCUT2D eigenvalue weighted by Gasteiger charge is -2.18. The van der Waals surface area contributed by atoms with Crippen LogP contribution in [0.15, 0.2) is 72.8 Å². The second-order valence-corrected chi connectivity index (χ2v) is 7.79. The molecule has 3 rings (SSSR count). The van der Waals surface area contributed by atoms with Gasteiger partial charge in [0.25, 0.3) is 0 Å².